The molecule has 1 fully saturated rings. The zero-order valence-electron chi connectivity index (χ0n) is 16.6. The molecule has 0 aliphatic carbocycles. The lowest BCUT2D eigenvalue weighted by atomic mass is 9.94. The number of nitrogens with one attached hydrogen (secondary N) is 1. The molecular weight excluding hydrogens is 385 g/mol. The summed E-state index contributed by atoms with van der Waals surface area (Å²) in [5.74, 6) is -0.167. The third kappa shape index (κ3) is 3.07. The molecule has 3 aromatic rings. The smallest absolute Gasteiger partial charge is 0.229 e. The topological polar surface area (TPSA) is 88.8 Å². The van der Waals surface area contributed by atoms with E-state index in [1.807, 2.05) is 31.0 Å². The van der Waals surface area contributed by atoms with Crippen molar-refractivity contribution in [2.45, 2.75) is 19.9 Å². The number of aryl methyl sites for hydroxylation is 2. The molecule has 0 saturated carbocycles. The average Bonchev–Trinajstić information content (AvgIpc) is 3.43. The van der Waals surface area contributed by atoms with Gasteiger partial charge in [0.05, 0.1) is 29.7 Å². The quantitative estimate of drug-likeness (QED) is 0.664. The van der Waals surface area contributed by atoms with Crippen molar-refractivity contribution >= 4 is 11.7 Å². The van der Waals surface area contributed by atoms with Crippen LogP contribution in [0.5, 0.6) is 0 Å². The van der Waals surface area contributed by atoms with Crippen molar-refractivity contribution in [3.63, 3.8) is 0 Å². The van der Waals surface area contributed by atoms with Gasteiger partial charge in [0.15, 0.2) is 5.78 Å². The highest BCUT2D eigenvalue weighted by Gasteiger charge is 2.41. The molecule has 1 saturated heterocycles. The van der Waals surface area contributed by atoms with Crippen LogP contribution in [-0.4, -0.2) is 49.9 Å². The Kier molecular flexibility index (Phi) is 4.39. The molecular formula is C21H20FN7O. The summed E-state index contributed by atoms with van der Waals surface area (Å²) in [6, 6.07) is 5.78. The molecule has 2 atom stereocenters. The second-order valence-electron chi connectivity index (χ2n) is 7.59. The van der Waals surface area contributed by atoms with E-state index >= 15 is 0 Å². The Morgan fingerprint density at radius 1 is 1.17 bits per heavy atom. The molecule has 0 bridgehead atoms. The number of carbonyl (C=O) groups is 1. The molecule has 2 aliphatic rings. The number of rotatable bonds is 4. The van der Waals surface area contributed by atoms with E-state index in [-0.39, 0.29) is 17.3 Å². The van der Waals surface area contributed by atoms with Gasteiger partial charge in [0, 0.05) is 36.6 Å². The summed E-state index contributed by atoms with van der Waals surface area (Å²) in [4.78, 5) is 25.7. The fourth-order valence-corrected chi connectivity index (χ4v) is 4.18. The monoisotopic (exact) mass is 405 g/mol. The van der Waals surface area contributed by atoms with Crippen molar-refractivity contribution in [1.82, 2.24) is 30.3 Å². The summed E-state index contributed by atoms with van der Waals surface area (Å²) in [6.45, 7) is 5.17. The van der Waals surface area contributed by atoms with Crippen LogP contribution < -0.4 is 10.2 Å². The lowest BCUT2D eigenvalue weighted by molar-refractivity contribution is 0.0962. The third-order valence-corrected chi connectivity index (χ3v) is 5.46. The number of ketones is 1. The second-order valence-corrected chi connectivity index (χ2v) is 7.59. The minimum Gasteiger partial charge on any atom is -0.316 e. The fraction of sp³-hybridized carbons (Fsp3) is 0.286. The molecule has 152 valence electrons. The molecule has 1 aromatic carbocycles. The van der Waals surface area contributed by atoms with Gasteiger partial charge < -0.3 is 10.2 Å². The molecule has 2 aliphatic heterocycles. The van der Waals surface area contributed by atoms with Crippen LogP contribution >= 0.6 is 0 Å². The fourth-order valence-electron chi connectivity index (χ4n) is 4.18. The third-order valence-electron chi connectivity index (χ3n) is 5.46. The average molecular weight is 405 g/mol. The first-order valence-corrected chi connectivity index (χ1v) is 9.74. The van der Waals surface area contributed by atoms with Gasteiger partial charge in [0.2, 0.25) is 5.95 Å². The van der Waals surface area contributed by atoms with E-state index in [9.17, 15) is 9.18 Å². The Labute approximate surface area is 172 Å². The maximum absolute atomic E-state index is 14.8. The van der Waals surface area contributed by atoms with Gasteiger partial charge in [-0.1, -0.05) is 6.07 Å². The summed E-state index contributed by atoms with van der Waals surface area (Å²) >= 11 is 0. The highest BCUT2D eigenvalue weighted by molar-refractivity contribution is 6.05. The first kappa shape index (κ1) is 18.6. The van der Waals surface area contributed by atoms with E-state index < -0.39 is 11.9 Å². The largest absolute Gasteiger partial charge is 0.316 e. The van der Waals surface area contributed by atoms with Crippen LogP contribution in [0.25, 0.3) is 5.69 Å². The Hall–Kier alpha value is -3.46. The summed E-state index contributed by atoms with van der Waals surface area (Å²) in [5.41, 5.74) is 3.01. The number of halogens is 1. The van der Waals surface area contributed by atoms with Gasteiger partial charge in [0.25, 0.3) is 0 Å². The molecule has 2 aromatic heterocycles. The number of fused-ring (bicyclic) bond motifs is 1. The predicted octanol–water partition coefficient (Wildman–Crippen LogP) is 1.99. The van der Waals surface area contributed by atoms with Crippen molar-refractivity contribution < 1.29 is 9.18 Å². The van der Waals surface area contributed by atoms with Gasteiger partial charge >= 0.3 is 0 Å². The van der Waals surface area contributed by atoms with Gasteiger partial charge in [-0.05, 0) is 37.6 Å². The van der Waals surface area contributed by atoms with Gasteiger partial charge in [0.1, 0.15) is 5.82 Å². The lowest BCUT2D eigenvalue weighted by Gasteiger charge is -2.17. The van der Waals surface area contributed by atoms with Gasteiger partial charge in [-0.25, -0.2) is 14.4 Å². The van der Waals surface area contributed by atoms with E-state index in [0.717, 1.165) is 17.0 Å². The molecule has 30 heavy (non-hydrogen) atoms. The number of benzene rings is 1. The maximum Gasteiger partial charge on any atom is 0.229 e. The van der Waals surface area contributed by atoms with Crippen LogP contribution in [0.1, 0.15) is 21.7 Å². The normalized spacial score (nSPS) is 20.4. The van der Waals surface area contributed by atoms with E-state index in [1.54, 1.807) is 12.1 Å². The first-order chi connectivity index (χ1) is 14.5. The Morgan fingerprint density at radius 3 is 2.63 bits per heavy atom. The van der Waals surface area contributed by atoms with Crippen molar-refractivity contribution in [2.75, 3.05) is 18.0 Å². The van der Waals surface area contributed by atoms with E-state index in [0.29, 0.717) is 24.7 Å². The number of Topliss-reactive ketones (excluding diaryl/α,β-unsaturated/α-hetero) is 1. The Balaban J connectivity index is 1.50. The number of carbonyl (C=O) groups excluding carboxylic acids is 1. The molecule has 0 radical (unpaired) electrons. The highest BCUT2D eigenvalue weighted by Crippen LogP contribution is 2.33. The number of hydrogen-bond acceptors (Lipinski definition) is 7. The van der Waals surface area contributed by atoms with Crippen LogP contribution in [0.15, 0.2) is 48.4 Å². The number of aromatic nitrogens is 5. The minimum absolute atomic E-state index is 0.0196. The molecule has 5 rings (SSSR count). The van der Waals surface area contributed by atoms with E-state index in [2.05, 4.69) is 25.5 Å². The highest BCUT2D eigenvalue weighted by atomic mass is 19.1. The van der Waals surface area contributed by atoms with Crippen molar-refractivity contribution in [1.29, 1.82) is 0 Å². The Morgan fingerprint density at radius 2 is 1.90 bits per heavy atom. The van der Waals surface area contributed by atoms with Crippen LogP contribution in [0.2, 0.25) is 0 Å². The molecule has 2 unspecified atom stereocenters. The molecule has 8 nitrogen and oxygen atoms in total. The summed E-state index contributed by atoms with van der Waals surface area (Å²) in [6.07, 6.45) is 4.91. The number of hydrogen-bond donors (Lipinski definition) is 1. The van der Waals surface area contributed by atoms with Gasteiger partial charge in [-0.15, -0.1) is 0 Å². The Bertz CT molecular complexity index is 1140. The molecule has 4 heterocycles. The predicted molar refractivity (Wildman–Crippen MR) is 108 cm³/mol. The summed E-state index contributed by atoms with van der Waals surface area (Å²) < 4.78 is 14.8. The van der Waals surface area contributed by atoms with Crippen LogP contribution in [-0.2, 0) is 0 Å². The summed E-state index contributed by atoms with van der Waals surface area (Å²) in [5, 5.41) is 11.4. The first-order valence-electron chi connectivity index (χ1n) is 9.74. The van der Waals surface area contributed by atoms with Crippen LogP contribution in [0.4, 0.5) is 10.3 Å². The van der Waals surface area contributed by atoms with Crippen LogP contribution in [0, 0.1) is 25.6 Å². The zero-order chi connectivity index (χ0) is 20.8. The molecule has 9 heteroatoms. The molecule has 0 spiro atoms. The molecule has 1 N–H and O–H groups in total. The van der Waals surface area contributed by atoms with E-state index in [1.165, 1.54) is 23.3 Å². The second kappa shape index (κ2) is 7.10. The summed E-state index contributed by atoms with van der Waals surface area (Å²) in [7, 11) is 0. The van der Waals surface area contributed by atoms with Crippen LogP contribution in [0.3, 0.4) is 0 Å². The van der Waals surface area contributed by atoms with Crippen molar-refractivity contribution in [3.8, 4) is 5.69 Å². The number of anilines is 1. The lowest BCUT2D eigenvalue weighted by Crippen LogP contribution is -2.34. The number of nitrogens with zero attached hydrogens (tertiary/aromatic N) is 6. The van der Waals surface area contributed by atoms with Crippen molar-refractivity contribution in [3.05, 3.63) is 71.2 Å². The standard InChI is InChI=1S/C21H20FN7O/c1-12-8-13(2)27-21(26-12)28-10-14-9-23-19(15(14)11-28)20(30)18-16(22)4-3-5-17(18)29-24-6-7-25-29/h3-8,11,14,19,23H,9-10H2,1-2H3. The van der Waals surface area contributed by atoms with Crippen molar-refractivity contribution in [2.24, 2.45) is 5.92 Å². The minimum atomic E-state index is -0.614. The molecule has 0 amide bonds. The van der Waals surface area contributed by atoms with Gasteiger partial charge in [-0.3, -0.25) is 4.79 Å². The maximum atomic E-state index is 14.8. The van der Waals surface area contributed by atoms with Gasteiger partial charge in [-0.2, -0.15) is 15.0 Å². The SMILES string of the molecule is Cc1cc(C)nc(N2C=C3C(CNC3C(=O)c3c(F)cccc3-n3nccn3)C2)n1. The zero-order valence-corrected chi connectivity index (χ0v) is 16.6. The van der Waals surface area contributed by atoms with E-state index in [4.69, 9.17) is 0 Å².